The van der Waals surface area contributed by atoms with Crippen molar-refractivity contribution in [2.24, 2.45) is 0 Å². The lowest BCUT2D eigenvalue weighted by Crippen LogP contribution is -2.44. The summed E-state index contributed by atoms with van der Waals surface area (Å²) in [5, 5.41) is 0. The number of hydrogen-bond donors (Lipinski definition) is 1. The number of aromatic amines is 1. The molecule has 0 spiro atoms. The molecular formula is C23H27N3O3. The fraction of sp³-hybridized carbons (Fsp3) is 0.391. The van der Waals surface area contributed by atoms with Crippen LogP contribution in [0.15, 0.2) is 45.6 Å². The molecule has 1 saturated heterocycles. The predicted molar refractivity (Wildman–Crippen MR) is 113 cm³/mol. The van der Waals surface area contributed by atoms with Crippen LogP contribution in [0.3, 0.4) is 0 Å². The van der Waals surface area contributed by atoms with Crippen molar-refractivity contribution in [3.63, 3.8) is 0 Å². The molecule has 6 nitrogen and oxygen atoms in total. The van der Waals surface area contributed by atoms with Gasteiger partial charge in [0.15, 0.2) is 0 Å². The summed E-state index contributed by atoms with van der Waals surface area (Å²) >= 11 is 0. The van der Waals surface area contributed by atoms with E-state index >= 15 is 0 Å². The Hall–Kier alpha value is -2.70. The van der Waals surface area contributed by atoms with Gasteiger partial charge in [-0.3, -0.25) is 9.69 Å². The van der Waals surface area contributed by atoms with E-state index < -0.39 is 0 Å². The third-order valence-corrected chi connectivity index (χ3v) is 5.53. The summed E-state index contributed by atoms with van der Waals surface area (Å²) in [5.74, 6) is 2.15. The van der Waals surface area contributed by atoms with Crippen LogP contribution in [-0.2, 0) is 11.3 Å². The molecule has 1 fully saturated rings. The van der Waals surface area contributed by atoms with E-state index in [1.807, 2.05) is 38.1 Å². The molecule has 1 aromatic carbocycles. The molecule has 0 saturated carbocycles. The number of nitrogens with one attached hydrogen (secondary N) is 1. The minimum atomic E-state index is -0.170. The zero-order valence-corrected chi connectivity index (χ0v) is 17.2. The zero-order valence-electron chi connectivity index (χ0n) is 17.2. The van der Waals surface area contributed by atoms with Gasteiger partial charge in [0.2, 0.25) is 0 Å². The van der Waals surface area contributed by atoms with Gasteiger partial charge < -0.3 is 14.1 Å². The lowest BCUT2D eigenvalue weighted by Gasteiger charge is -2.35. The maximum absolute atomic E-state index is 12.4. The van der Waals surface area contributed by atoms with Gasteiger partial charge in [-0.25, -0.2) is 4.98 Å². The van der Waals surface area contributed by atoms with Crippen molar-refractivity contribution < 1.29 is 9.15 Å². The highest BCUT2D eigenvalue weighted by molar-refractivity contribution is 5.66. The lowest BCUT2D eigenvalue weighted by atomic mass is 10.0. The van der Waals surface area contributed by atoms with Crippen molar-refractivity contribution in [2.45, 2.75) is 39.8 Å². The van der Waals surface area contributed by atoms with E-state index in [-0.39, 0.29) is 5.56 Å². The number of furan rings is 1. The van der Waals surface area contributed by atoms with Crippen LogP contribution in [0.4, 0.5) is 0 Å². The van der Waals surface area contributed by atoms with Crippen LogP contribution < -0.4 is 5.56 Å². The fourth-order valence-electron chi connectivity index (χ4n) is 3.99. The van der Waals surface area contributed by atoms with Crippen molar-refractivity contribution in [2.75, 3.05) is 19.8 Å². The van der Waals surface area contributed by atoms with Crippen LogP contribution in [0, 0.1) is 13.8 Å². The minimum absolute atomic E-state index is 0.170. The summed E-state index contributed by atoms with van der Waals surface area (Å²) in [5.41, 5.74) is 3.41. The fourth-order valence-corrected chi connectivity index (χ4v) is 3.99. The van der Waals surface area contributed by atoms with E-state index in [1.165, 1.54) is 6.07 Å². The van der Waals surface area contributed by atoms with Crippen LogP contribution in [-0.4, -0.2) is 40.7 Å². The molecule has 0 aliphatic carbocycles. The summed E-state index contributed by atoms with van der Waals surface area (Å²) in [7, 11) is 0. The number of aryl methyl sites for hydroxylation is 2. The Morgan fingerprint density at radius 1 is 1.21 bits per heavy atom. The smallest absolute Gasteiger partial charge is 0.251 e. The first-order valence-corrected chi connectivity index (χ1v) is 10.1. The van der Waals surface area contributed by atoms with Crippen LogP contribution in [0.2, 0.25) is 0 Å². The second-order valence-corrected chi connectivity index (χ2v) is 7.57. The zero-order chi connectivity index (χ0) is 20.4. The third kappa shape index (κ3) is 4.18. The highest BCUT2D eigenvalue weighted by atomic mass is 16.5. The van der Waals surface area contributed by atoms with E-state index in [2.05, 4.69) is 22.9 Å². The molecule has 2 aromatic heterocycles. The molecule has 1 unspecified atom stereocenters. The Morgan fingerprint density at radius 3 is 2.79 bits per heavy atom. The standard InChI is InChI=1S/C23H27N3O3/c1-4-18-14-28-10-9-26(18)13-17-7-5-6-8-19(17)23-24-21(12-22(27)25-23)20-11-15(2)29-16(20)3/h5-8,11-12,18H,4,9-10,13-14H2,1-3H3,(H,24,25,27). The number of morpholine rings is 1. The van der Waals surface area contributed by atoms with E-state index in [1.54, 1.807) is 0 Å². The van der Waals surface area contributed by atoms with Crippen molar-refractivity contribution in [3.05, 3.63) is 63.8 Å². The summed E-state index contributed by atoms with van der Waals surface area (Å²) in [6.45, 7) is 9.20. The van der Waals surface area contributed by atoms with E-state index in [4.69, 9.17) is 14.1 Å². The quantitative estimate of drug-likeness (QED) is 0.711. The third-order valence-electron chi connectivity index (χ3n) is 5.53. The first-order chi connectivity index (χ1) is 14.0. The van der Waals surface area contributed by atoms with Gasteiger partial charge in [0.05, 0.1) is 18.9 Å². The second kappa shape index (κ2) is 8.35. The number of nitrogens with zero attached hydrogens (tertiary/aromatic N) is 2. The van der Waals surface area contributed by atoms with Gasteiger partial charge in [-0.2, -0.15) is 0 Å². The van der Waals surface area contributed by atoms with Crippen molar-refractivity contribution in [3.8, 4) is 22.6 Å². The van der Waals surface area contributed by atoms with E-state index in [9.17, 15) is 4.79 Å². The van der Waals surface area contributed by atoms with Gasteiger partial charge in [-0.15, -0.1) is 0 Å². The van der Waals surface area contributed by atoms with Crippen LogP contribution in [0.25, 0.3) is 22.6 Å². The molecule has 0 bridgehead atoms. The van der Waals surface area contributed by atoms with Gasteiger partial charge in [0.1, 0.15) is 17.3 Å². The lowest BCUT2D eigenvalue weighted by molar-refractivity contribution is -0.0126. The number of hydrogen-bond acceptors (Lipinski definition) is 5. The number of ether oxygens (including phenoxy) is 1. The molecule has 1 aliphatic rings. The maximum atomic E-state index is 12.4. The predicted octanol–water partition coefficient (Wildman–Crippen LogP) is 3.92. The average molecular weight is 393 g/mol. The molecule has 0 radical (unpaired) electrons. The summed E-state index contributed by atoms with van der Waals surface area (Å²) in [6, 6.07) is 12.0. The first-order valence-electron chi connectivity index (χ1n) is 10.1. The number of rotatable bonds is 5. The summed E-state index contributed by atoms with van der Waals surface area (Å²) in [6.07, 6.45) is 1.05. The van der Waals surface area contributed by atoms with Crippen LogP contribution in [0.1, 0.15) is 30.4 Å². The maximum Gasteiger partial charge on any atom is 0.251 e. The van der Waals surface area contributed by atoms with Gasteiger partial charge >= 0.3 is 0 Å². The largest absolute Gasteiger partial charge is 0.466 e. The Morgan fingerprint density at radius 2 is 2.03 bits per heavy atom. The summed E-state index contributed by atoms with van der Waals surface area (Å²) in [4.78, 5) is 22.6. The second-order valence-electron chi connectivity index (χ2n) is 7.57. The molecule has 3 aromatic rings. The molecule has 1 atom stereocenters. The Kier molecular flexibility index (Phi) is 5.65. The number of H-pyrrole nitrogens is 1. The minimum Gasteiger partial charge on any atom is -0.466 e. The Labute approximate surface area is 170 Å². The topological polar surface area (TPSA) is 71.4 Å². The SMILES string of the molecule is CCC1COCCN1Cc1ccccc1-c1nc(-c2cc(C)oc2C)cc(=O)[nH]1. The molecule has 152 valence electrons. The van der Waals surface area contributed by atoms with Gasteiger partial charge in [-0.05, 0) is 31.9 Å². The monoisotopic (exact) mass is 393 g/mol. The molecule has 29 heavy (non-hydrogen) atoms. The van der Waals surface area contributed by atoms with Gasteiger partial charge in [-0.1, -0.05) is 31.2 Å². The first kappa shape index (κ1) is 19.6. The average Bonchev–Trinajstić information content (AvgIpc) is 3.06. The van der Waals surface area contributed by atoms with Gasteiger partial charge in [0.25, 0.3) is 5.56 Å². The highest BCUT2D eigenvalue weighted by Gasteiger charge is 2.23. The van der Waals surface area contributed by atoms with Crippen molar-refractivity contribution in [1.82, 2.24) is 14.9 Å². The highest BCUT2D eigenvalue weighted by Crippen LogP contribution is 2.28. The van der Waals surface area contributed by atoms with Crippen molar-refractivity contribution in [1.29, 1.82) is 0 Å². The van der Waals surface area contributed by atoms with Gasteiger partial charge in [0, 0.05) is 36.3 Å². The van der Waals surface area contributed by atoms with E-state index in [0.717, 1.165) is 60.9 Å². The number of aromatic nitrogens is 2. The van der Waals surface area contributed by atoms with E-state index in [0.29, 0.717) is 17.6 Å². The Bertz CT molecular complexity index is 1050. The molecule has 0 amide bonds. The van der Waals surface area contributed by atoms with Crippen LogP contribution >= 0.6 is 0 Å². The number of benzene rings is 1. The molecule has 1 N–H and O–H groups in total. The molecule has 4 rings (SSSR count). The van der Waals surface area contributed by atoms with Crippen molar-refractivity contribution >= 4 is 0 Å². The molecular weight excluding hydrogens is 366 g/mol. The van der Waals surface area contributed by atoms with Crippen LogP contribution in [0.5, 0.6) is 0 Å². The normalized spacial score (nSPS) is 17.6. The Balaban J connectivity index is 1.72. The molecule has 1 aliphatic heterocycles. The molecule has 6 heteroatoms. The summed E-state index contributed by atoms with van der Waals surface area (Å²) < 4.78 is 11.3. The molecule has 3 heterocycles.